The summed E-state index contributed by atoms with van der Waals surface area (Å²) < 4.78 is 5.82. The van der Waals surface area contributed by atoms with Crippen molar-refractivity contribution in [3.05, 3.63) is 29.3 Å². The van der Waals surface area contributed by atoms with Crippen molar-refractivity contribution in [1.82, 2.24) is 10.2 Å². The average Bonchev–Trinajstić information content (AvgIpc) is 2.51. The van der Waals surface area contributed by atoms with Gasteiger partial charge >= 0.3 is 0 Å². The number of carbonyl (C=O) groups excluding carboxylic acids is 1. The monoisotopic (exact) mass is 343 g/mol. The number of ether oxygens (including phenoxy) is 1. The lowest BCUT2D eigenvalue weighted by Crippen LogP contribution is -2.33. The molecule has 0 saturated heterocycles. The van der Waals surface area contributed by atoms with Gasteiger partial charge in [-0.25, -0.2) is 0 Å². The number of hydrogen-bond donors (Lipinski definition) is 2. The van der Waals surface area contributed by atoms with Crippen molar-refractivity contribution in [2.24, 2.45) is 5.73 Å². The van der Waals surface area contributed by atoms with E-state index in [1.807, 2.05) is 6.07 Å². The van der Waals surface area contributed by atoms with Crippen LogP contribution in [0, 0.1) is 0 Å². The van der Waals surface area contributed by atoms with Crippen LogP contribution in [0.2, 0.25) is 0 Å². The van der Waals surface area contributed by atoms with Gasteiger partial charge in [-0.1, -0.05) is 25.5 Å². The minimum atomic E-state index is 0. The summed E-state index contributed by atoms with van der Waals surface area (Å²) in [6.07, 6.45) is 3.01. The largest absolute Gasteiger partial charge is 0.493 e. The van der Waals surface area contributed by atoms with Gasteiger partial charge in [0, 0.05) is 26.2 Å². The van der Waals surface area contributed by atoms with Crippen molar-refractivity contribution in [1.29, 1.82) is 0 Å². The van der Waals surface area contributed by atoms with Gasteiger partial charge in [-0.2, -0.15) is 0 Å². The molecule has 1 aromatic rings. The molecule has 1 aromatic carbocycles. The number of nitrogens with two attached hydrogens (primary N) is 1. The van der Waals surface area contributed by atoms with E-state index < -0.39 is 0 Å². The van der Waals surface area contributed by atoms with E-state index in [-0.39, 0.29) is 18.3 Å². The molecule has 1 amide bonds. The second-order valence-corrected chi connectivity index (χ2v) is 5.56. The molecule has 0 bridgehead atoms. The van der Waals surface area contributed by atoms with E-state index >= 15 is 0 Å². The number of benzene rings is 1. The van der Waals surface area contributed by atoms with Crippen LogP contribution in [0.5, 0.6) is 5.75 Å². The van der Waals surface area contributed by atoms with E-state index in [9.17, 15) is 4.79 Å². The molecule has 0 aliphatic rings. The molecular weight excluding hydrogens is 314 g/mol. The van der Waals surface area contributed by atoms with Gasteiger partial charge in [0.15, 0.2) is 0 Å². The Balaban J connectivity index is 0.00000484. The zero-order chi connectivity index (χ0) is 16.4. The lowest BCUT2D eigenvalue weighted by molar-refractivity contribution is -0.127. The summed E-state index contributed by atoms with van der Waals surface area (Å²) in [5.41, 5.74) is 7.98. The van der Waals surface area contributed by atoms with Crippen molar-refractivity contribution >= 4 is 18.3 Å². The molecule has 0 saturated carbocycles. The molecule has 0 aliphatic heterocycles. The fourth-order valence-electron chi connectivity index (χ4n) is 1.97. The lowest BCUT2D eigenvalue weighted by Gasteiger charge is -2.13. The van der Waals surface area contributed by atoms with E-state index in [0.29, 0.717) is 13.1 Å². The first-order valence-corrected chi connectivity index (χ1v) is 7.94. The Bertz CT molecular complexity index is 467. The summed E-state index contributed by atoms with van der Waals surface area (Å²) in [5, 5.41) is 3.16. The van der Waals surface area contributed by atoms with Crippen molar-refractivity contribution in [3.63, 3.8) is 0 Å². The van der Waals surface area contributed by atoms with Crippen molar-refractivity contribution < 1.29 is 9.53 Å². The van der Waals surface area contributed by atoms with Crippen LogP contribution in [-0.2, 0) is 17.8 Å². The predicted octanol–water partition coefficient (Wildman–Crippen LogP) is 1.97. The molecule has 0 atom stereocenters. The van der Waals surface area contributed by atoms with Crippen LogP contribution >= 0.6 is 12.4 Å². The SMILES string of the molecule is CCCCOc1cc(CCNCC(=O)N(C)C)ccc1CN.Cl. The van der Waals surface area contributed by atoms with Gasteiger partial charge in [0.25, 0.3) is 0 Å². The minimum Gasteiger partial charge on any atom is -0.493 e. The van der Waals surface area contributed by atoms with Gasteiger partial charge in [-0.15, -0.1) is 12.4 Å². The zero-order valence-electron chi connectivity index (χ0n) is 14.4. The molecule has 0 spiro atoms. The normalized spacial score (nSPS) is 10.1. The topological polar surface area (TPSA) is 67.6 Å². The van der Waals surface area contributed by atoms with Gasteiger partial charge in [0.05, 0.1) is 13.2 Å². The Kier molecular flexibility index (Phi) is 11.5. The molecule has 23 heavy (non-hydrogen) atoms. The Labute approximate surface area is 146 Å². The Morgan fingerprint density at radius 2 is 2.09 bits per heavy atom. The van der Waals surface area contributed by atoms with Crippen LogP contribution in [0.3, 0.4) is 0 Å². The molecule has 0 radical (unpaired) electrons. The highest BCUT2D eigenvalue weighted by molar-refractivity contribution is 5.85. The number of rotatable bonds is 10. The number of carbonyl (C=O) groups is 1. The van der Waals surface area contributed by atoms with Gasteiger partial charge in [-0.05, 0) is 31.0 Å². The summed E-state index contributed by atoms with van der Waals surface area (Å²) in [5.74, 6) is 0.972. The first kappa shape index (κ1) is 21.7. The number of nitrogens with one attached hydrogen (secondary N) is 1. The summed E-state index contributed by atoms with van der Waals surface area (Å²) in [6.45, 7) is 4.48. The summed E-state index contributed by atoms with van der Waals surface area (Å²) in [6, 6.07) is 6.17. The Hall–Kier alpha value is -1.30. The molecule has 0 unspecified atom stereocenters. The number of hydrogen-bond acceptors (Lipinski definition) is 4. The molecule has 5 nitrogen and oxygen atoms in total. The maximum atomic E-state index is 11.5. The maximum Gasteiger partial charge on any atom is 0.236 e. The molecule has 132 valence electrons. The van der Waals surface area contributed by atoms with Gasteiger partial charge in [0.2, 0.25) is 5.91 Å². The van der Waals surface area contributed by atoms with E-state index in [1.165, 1.54) is 5.56 Å². The molecule has 6 heteroatoms. The van der Waals surface area contributed by atoms with E-state index in [4.69, 9.17) is 10.5 Å². The Morgan fingerprint density at radius 3 is 2.70 bits per heavy atom. The minimum absolute atomic E-state index is 0. The van der Waals surface area contributed by atoms with Crippen LogP contribution in [0.15, 0.2) is 18.2 Å². The number of amides is 1. The van der Waals surface area contributed by atoms with Crippen LogP contribution in [0.4, 0.5) is 0 Å². The molecule has 1 rings (SSSR count). The lowest BCUT2D eigenvalue weighted by atomic mass is 10.1. The number of likely N-dealkylation sites (N-methyl/N-ethyl adjacent to an activating group) is 1. The van der Waals surface area contributed by atoms with Crippen molar-refractivity contribution in [3.8, 4) is 5.75 Å². The van der Waals surface area contributed by atoms with E-state index in [0.717, 1.165) is 43.7 Å². The predicted molar refractivity (Wildman–Crippen MR) is 97.3 cm³/mol. The highest BCUT2D eigenvalue weighted by Gasteiger charge is 2.06. The number of halogens is 1. The van der Waals surface area contributed by atoms with Crippen LogP contribution in [0.1, 0.15) is 30.9 Å². The summed E-state index contributed by atoms with van der Waals surface area (Å²) >= 11 is 0. The molecule has 3 N–H and O–H groups in total. The standard InChI is InChI=1S/C17H29N3O2.ClH/c1-4-5-10-22-16-11-14(6-7-15(16)12-18)8-9-19-13-17(21)20(2)3;/h6-7,11,19H,4-5,8-10,12-13,18H2,1-3H3;1H. The van der Waals surface area contributed by atoms with Crippen LogP contribution in [0.25, 0.3) is 0 Å². The molecule has 0 heterocycles. The second-order valence-electron chi connectivity index (χ2n) is 5.56. The average molecular weight is 344 g/mol. The second kappa shape index (κ2) is 12.2. The quantitative estimate of drug-likeness (QED) is 0.637. The van der Waals surface area contributed by atoms with Crippen LogP contribution < -0.4 is 15.8 Å². The third kappa shape index (κ3) is 8.21. The summed E-state index contributed by atoms with van der Waals surface area (Å²) in [7, 11) is 3.52. The smallest absolute Gasteiger partial charge is 0.236 e. The molecule has 0 fully saturated rings. The van der Waals surface area contributed by atoms with Gasteiger partial charge in [-0.3, -0.25) is 4.79 Å². The van der Waals surface area contributed by atoms with E-state index in [2.05, 4.69) is 24.4 Å². The third-order valence-electron chi connectivity index (χ3n) is 3.47. The number of unbranched alkanes of at least 4 members (excludes halogenated alkanes) is 1. The van der Waals surface area contributed by atoms with Crippen LogP contribution in [-0.4, -0.2) is 44.6 Å². The van der Waals surface area contributed by atoms with E-state index in [1.54, 1.807) is 19.0 Å². The van der Waals surface area contributed by atoms with Gasteiger partial charge in [0.1, 0.15) is 5.75 Å². The Morgan fingerprint density at radius 1 is 1.35 bits per heavy atom. The summed E-state index contributed by atoms with van der Waals surface area (Å²) in [4.78, 5) is 13.1. The zero-order valence-corrected chi connectivity index (χ0v) is 15.2. The van der Waals surface area contributed by atoms with Crippen molar-refractivity contribution in [2.45, 2.75) is 32.7 Å². The molecule has 0 aromatic heterocycles. The highest BCUT2D eigenvalue weighted by Crippen LogP contribution is 2.21. The third-order valence-corrected chi connectivity index (χ3v) is 3.47. The first-order chi connectivity index (χ1) is 10.6. The first-order valence-electron chi connectivity index (χ1n) is 7.94. The molecular formula is C17H30ClN3O2. The highest BCUT2D eigenvalue weighted by atomic mass is 35.5. The van der Waals surface area contributed by atoms with Gasteiger partial charge < -0.3 is 20.7 Å². The molecule has 0 aliphatic carbocycles. The fraction of sp³-hybridized carbons (Fsp3) is 0.588. The number of nitrogens with zero attached hydrogens (tertiary/aromatic N) is 1. The van der Waals surface area contributed by atoms with Crippen molar-refractivity contribution in [2.75, 3.05) is 33.8 Å². The fourth-order valence-corrected chi connectivity index (χ4v) is 1.97. The maximum absolute atomic E-state index is 11.5.